The number of nitrogens with two attached hydrogens (primary N) is 1. The first kappa shape index (κ1) is 23.4. The molecule has 1 aromatic rings. The lowest BCUT2D eigenvalue weighted by Gasteiger charge is -2.34. The van der Waals surface area contributed by atoms with E-state index < -0.39 is 35.7 Å². The third-order valence-corrected chi connectivity index (χ3v) is 5.46. The zero-order valence-corrected chi connectivity index (χ0v) is 16.8. The second kappa shape index (κ2) is 9.08. The number of allylic oxidation sites excluding steroid dienone is 1. The Balaban J connectivity index is 1.91. The van der Waals surface area contributed by atoms with E-state index in [0.29, 0.717) is 31.6 Å². The number of alkyl halides is 6. The van der Waals surface area contributed by atoms with E-state index in [0.717, 1.165) is 11.1 Å². The smallest absolute Gasteiger partial charge is 0.416 e. The van der Waals surface area contributed by atoms with Crippen LogP contribution in [0.5, 0.6) is 0 Å². The van der Waals surface area contributed by atoms with E-state index in [-0.39, 0.29) is 24.1 Å². The van der Waals surface area contributed by atoms with Gasteiger partial charge in [-0.25, -0.2) is 0 Å². The largest absolute Gasteiger partial charge is 0.497 e. The molecule has 1 aliphatic heterocycles. The van der Waals surface area contributed by atoms with Crippen molar-refractivity contribution in [2.24, 2.45) is 11.7 Å². The monoisotopic (exact) mass is 447 g/mol. The molecule has 3 nitrogen and oxygen atoms in total. The Labute approximate surface area is 176 Å². The molecule has 0 radical (unpaired) electrons. The molecule has 0 saturated heterocycles. The Kier molecular flexibility index (Phi) is 6.85. The van der Waals surface area contributed by atoms with Crippen LogP contribution in [0.2, 0.25) is 0 Å². The van der Waals surface area contributed by atoms with Gasteiger partial charge in [-0.3, -0.25) is 0 Å². The molecule has 3 atom stereocenters. The first-order valence-electron chi connectivity index (χ1n) is 9.82. The van der Waals surface area contributed by atoms with Crippen molar-refractivity contribution >= 4 is 0 Å². The summed E-state index contributed by atoms with van der Waals surface area (Å²) < 4.78 is 90.5. The van der Waals surface area contributed by atoms with Crippen molar-refractivity contribution in [1.29, 1.82) is 0 Å². The van der Waals surface area contributed by atoms with Crippen molar-refractivity contribution in [2.45, 2.75) is 44.3 Å². The van der Waals surface area contributed by atoms with E-state index in [1.165, 1.54) is 13.2 Å². The van der Waals surface area contributed by atoms with Crippen molar-refractivity contribution in [1.82, 2.24) is 0 Å². The van der Waals surface area contributed by atoms with E-state index in [1.807, 2.05) is 12.2 Å². The van der Waals surface area contributed by atoms with Gasteiger partial charge in [-0.2, -0.15) is 26.3 Å². The maximum Gasteiger partial charge on any atom is 0.416 e. The molecule has 170 valence electrons. The van der Waals surface area contributed by atoms with E-state index in [2.05, 4.69) is 0 Å². The van der Waals surface area contributed by atoms with Gasteiger partial charge in [0, 0.05) is 12.5 Å². The lowest BCUT2D eigenvalue weighted by atomic mass is 9.83. The highest BCUT2D eigenvalue weighted by molar-refractivity contribution is 5.36. The lowest BCUT2D eigenvalue weighted by molar-refractivity contribution is -0.143. The molecular formula is C22H23F6NO2. The van der Waals surface area contributed by atoms with Gasteiger partial charge in [-0.1, -0.05) is 12.2 Å². The predicted octanol–water partition coefficient (Wildman–Crippen LogP) is 5.94. The Hall–Kier alpha value is -2.26. The van der Waals surface area contributed by atoms with Crippen LogP contribution >= 0.6 is 0 Å². The SMILES string of the molecule is C[C@@H](OC1CCC=CC1C1=C(CN)C=COC1)c1cc(C(F)(F)F)cc(C(F)(F)F)c1. The van der Waals surface area contributed by atoms with Gasteiger partial charge in [0.15, 0.2) is 0 Å². The number of hydrogen-bond acceptors (Lipinski definition) is 3. The van der Waals surface area contributed by atoms with Crippen molar-refractivity contribution in [2.75, 3.05) is 13.2 Å². The van der Waals surface area contributed by atoms with E-state index >= 15 is 0 Å². The molecule has 1 aliphatic carbocycles. The summed E-state index contributed by atoms with van der Waals surface area (Å²) in [6, 6.07) is 1.54. The van der Waals surface area contributed by atoms with Crippen LogP contribution in [-0.2, 0) is 21.8 Å². The van der Waals surface area contributed by atoms with Gasteiger partial charge in [-0.15, -0.1) is 0 Å². The molecule has 1 aromatic carbocycles. The minimum atomic E-state index is -4.90. The average Bonchev–Trinajstić information content (AvgIpc) is 2.72. The highest BCUT2D eigenvalue weighted by atomic mass is 19.4. The standard InChI is InChI=1S/C22H23F6NO2/c1-13(15-8-16(21(23,24)25)10-17(9-15)22(26,27)28)31-20-5-3-2-4-18(20)19-12-30-7-6-14(19)11-29/h2,4,6-10,13,18,20H,3,5,11-12,29H2,1H3/t13-,18?,20?/m1/s1. The summed E-state index contributed by atoms with van der Waals surface area (Å²) in [6.07, 6.45) is -2.77. The van der Waals surface area contributed by atoms with Crippen molar-refractivity contribution in [3.05, 3.63) is 70.5 Å². The minimum absolute atomic E-state index is 0.117. The Bertz CT molecular complexity index is 853. The van der Waals surface area contributed by atoms with E-state index in [4.69, 9.17) is 15.2 Å². The summed E-state index contributed by atoms with van der Waals surface area (Å²) >= 11 is 0. The van der Waals surface area contributed by atoms with Gasteiger partial charge >= 0.3 is 12.4 Å². The maximum atomic E-state index is 13.2. The van der Waals surface area contributed by atoms with Crippen LogP contribution in [0.1, 0.15) is 42.6 Å². The van der Waals surface area contributed by atoms with Crippen LogP contribution in [0, 0.1) is 5.92 Å². The van der Waals surface area contributed by atoms with Crippen molar-refractivity contribution in [3.63, 3.8) is 0 Å². The van der Waals surface area contributed by atoms with Crippen LogP contribution in [0.15, 0.2) is 53.8 Å². The predicted molar refractivity (Wildman–Crippen MR) is 103 cm³/mol. The van der Waals surface area contributed by atoms with Crippen LogP contribution < -0.4 is 5.73 Å². The number of halogens is 6. The number of ether oxygens (including phenoxy) is 2. The number of hydrogen-bond donors (Lipinski definition) is 1. The van der Waals surface area contributed by atoms with Crippen molar-refractivity contribution in [3.8, 4) is 0 Å². The highest BCUT2D eigenvalue weighted by Gasteiger charge is 2.38. The molecule has 2 unspecified atom stereocenters. The first-order valence-corrected chi connectivity index (χ1v) is 9.82. The first-order chi connectivity index (χ1) is 14.5. The average molecular weight is 447 g/mol. The molecule has 2 N–H and O–H groups in total. The number of benzene rings is 1. The second-order valence-corrected chi connectivity index (χ2v) is 7.56. The second-order valence-electron chi connectivity index (χ2n) is 7.56. The topological polar surface area (TPSA) is 44.5 Å². The van der Waals surface area contributed by atoms with E-state index in [1.54, 1.807) is 6.08 Å². The maximum absolute atomic E-state index is 13.2. The zero-order chi connectivity index (χ0) is 22.8. The fourth-order valence-electron chi connectivity index (χ4n) is 3.83. The van der Waals surface area contributed by atoms with Gasteiger partial charge in [0.25, 0.3) is 0 Å². The van der Waals surface area contributed by atoms with Crippen LogP contribution in [0.25, 0.3) is 0 Å². The Morgan fingerprint density at radius 3 is 2.32 bits per heavy atom. The fourth-order valence-corrected chi connectivity index (χ4v) is 3.83. The van der Waals surface area contributed by atoms with E-state index in [9.17, 15) is 26.3 Å². The normalized spacial score (nSPS) is 23.1. The minimum Gasteiger partial charge on any atom is -0.497 e. The zero-order valence-electron chi connectivity index (χ0n) is 16.8. The molecule has 0 spiro atoms. The van der Waals surface area contributed by atoms with Gasteiger partial charge in [0.2, 0.25) is 0 Å². The van der Waals surface area contributed by atoms with Gasteiger partial charge in [-0.05, 0) is 60.8 Å². The van der Waals surface area contributed by atoms with Crippen LogP contribution in [-0.4, -0.2) is 19.3 Å². The lowest BCUT2D eigenvalue weighted by Crippen LogP contribution is -2.31. The molecule has 0 aromatic heterocycles. The summed E-state index contributed by atoms with van der Waals surface area (Å²) in [6.45, 7) is 2.04. The molecule has 1 heterocycles. The summed E-state index contributed by atoms with van der Waals surface area (Å²) in [7, 11) is 0. The molecule has 9 heteroatoms. The Morgan fingerprint density at radius 2 is 1.74 bits per heavy atom. The molecule has 0 fully saturated rings. The number of rotatable bonds is 5. The molecular weight excluding hydrogens is 424 g/mol. The van der Waals surface area contributed by atoms with Crippen LogP contribution in [0.3, 0.4) is 0 Å². The molecule has 0 bridgehead atoms. The third-order valence-electron chi connectivity index (χ3n) is 5.46. The molecule has 0 saturated carbocycles. The summed E-state index contributed by atoms with van der Waals surface area (Å²) in [4.78, 5) is 0. The van der Waals surface area contributed by atoms with Crippen molar-refractivity contribution < 1.29 is 35.8 Å². The molecule has 0 amide bonds. The molecule has 2 aliphatic rings. The molecule has 3 rings (SSSR count). The highest BCUT2D eigenvalue weighted by Crippen LogP contribution is 2.39. The Morgan fingerprint density at radius 1 is 1.10 bits per heavy atom. The van der Waals surface area contributed by atoms with Gasteiger partial charge in [0.05, 0.1) is 29.6 Å². The van der Waals surface area contributed by atoms with Gasteiger partial charge < -0.3 is 15.2 Å². The third kappa shape index (κ3) is 5.51. The quantitative estimate of drug-likeness (QED) is 0.449. The van der Waals surface area contributed by atoms with Crippen LogP contribution in [0.4, 0.5) is 26.3 Å². The fraction of sp³-hybridized carbons (Fsp3) is 0.455. The molecule has 31 heavy (non-hydrogen) atoms. The summed E-state index contributed by atoms with van der Waals surface area (Å²) in [5.41, 5.74) is 4.70. The summed E-state index contributed by atoms with van der Waals surface area (Å²) in [5, 5.41) is 0. The summed E-state index contributed by atoms with van der Waals surface area (Å²) in [5.74, 6) is -0.229. The van der Waals surface area contributed by atoms with Gasteiger partial charge in [0.1, 0.15) is 6.61 Å².